The molecule has 0 amide bonds. The zero-order valence-electron chi connectivity index (χ0n) is 9.41. The fourth-order valence-corrected chi connectivity index (χ4v) is 3.64. The molecule has 2 aromatic rings. The van der Waals surface area contributed by atoms with E-state index in [9.17, 15) is 0 Å². The van der Waals surface area contributed by atoms with Gasteiger partial charge in [0.1, 0.15) is 0 Å². The lowest BCUT2D eigenvalue weighted by Crippen LogP contribution is -2.22. The van der Waals surface area contributed by atoms with Gasteiger partial charge in [-0.25, -0.2) is 0 Å². The summed E-state index contributed by atoms with van der Waals surface area (Å²) in [6.45, 7) is 1.13. The van der Waals surface area contributed by atoms with Crippen LogP contribution < -0.4 is 5.73 Å². The van der Waals surface area contributed by atoms with Crippen molar-refractivity contribution in [2.45, 2.75) is 9.46 Å². The Morgan fingerprint density at radius 2 is 1.89 bits per heavy atom. The summed E-state index contributed by atoms with van der Waals surface area (Å²) in [5.41, 5.74) is 6.54. The molecule has 94 valence electrons. The summed E-state index contributed by atoms with van der Waals surface area (Å²) < 4.78 is 12.3. The lowest BCUT2D eigenvalue weighted by atomic mass is 10.2. The van der Waals surface area contributed by atoms with Crippen molar-refractivity contribution in [2.75, 3.05) is 18.9 Å². The Labute approximate surface area is 112 Å². The Morgan fingerprint density at radius 1 is 1.17 bits per heavy atom. The van der Waals surface area contributed by atoms with Crippen LogP contribution in [0.4, 0.5) is 5.13 Å². The highest BCUT2D eigenvalue weighted by Crippen LogP contribution is 2.46. The molecule has 0 unspecified atom stereocenters. The monoisotopic (exact) mass is 281 g/mol. The summed E-state index contributed by atoms with van der Waals surface area (Å²) in [4.78, 5) is 0. The van der Waals surface area contributed by atoms with Gasteiger partial charge in [-0.15, -0.1) is 10.2 Å². The van der Waals surface area contributed by atoms with Crippen LogP contribution >= 0.6 is 23.1 Å². The molecule has 2 heterocycles. The number of aromatic nitrogens is 2. The van der Waals surface area contributed by atoms with Crippen LogP contribution in [0.15, 0.2) is 34.7 Å². The maximum Gasteiger partial charge on any atom is 0.252 e. The van der Waals surface area contributed by atoms with Gasteiger partial charge >= 0.3 is 0 Å². The molecular weight excluding hydrogens is 270 g/mol. The minimum Gasteiger partial charge on any atom is -0.374 e. The van der Waals surface area contributed by atoms with E-state index in [2.05, 4.69) is 10.2 Å². The second-order valence-corrected chi connectivity index (χ2v) is 6.02. The highest BCUT2D eigenvalue weighted by molar-refractivity contribution is 8.01. The molecule has 0 aliphatic carbocycles. The Balaban J connectivity index is 1.92. The Morgan fingerprint density at radius 3 is 2.50 bits per heavy atom. The van der Waals surface area contributed by atoms with E-state index < -0.39 is 5.12 Å². The summed E-state index contributed by atoms with van der Waals surface area (Å²) >= 11 is 2.72. The number of nitrogens with zero attached hydrogens (tertiary/aromatic N) is 2. The molecule has 3 rings (SSSR count). The predicted molar refractivity (Wildman–Crippen MR) is 70.2 cm³/mol. The van der Waals surface area contributed by atoms with Crippen LogP contribution in [0, 0.1) is 0 Å². The molecule has 18 heavy (non-hydrogen) atoms. The summed E-state index contributed by atoms with van der Waals surface area (Å²) in [6, 6.07) is 9.82. The van der Waals surface area contributed by atoms with Crippen molar-refractivity contribution in [3.05, 3.63) is 35.9 Å². The van der Waals surface area contributed by atoms with Crippen molar-refractivity contribution >= 4 is 28.2 Å². The van der Waals surface area contributed by atoms with Crippen LogP contribution in [0.2, 0.25) is 0 Å². The van der Waals surface area contributed by atoms with Crippen molar-refractivity contribution in [2.24, 2.45) is 0 Å². The Kier molecular flexibility index (Phi) is 3.21. The van der Waals surface area contributed by atoms with Crippen LogP contribution in [0.3, 0.4) is 0 Å². The average Bonchev–Trinajstić information content (AvgIpc) is 3.01. The highest BCUT2D eigenvalue weighted by Gasteiger charge is 2.41. The van der Waals surface area contributed by atoms with E-state index in [0.717, 1.165) is 9.90 Å². The van der Waals surface area contributed by atoms with Gasteiger partial charge in [0, 0.05) is 5.56 Å². The molecule has 1 saturated heterocycles. The van der Waals surface area contributed by atoms with E-state index in [1.165, 1.54) is 23.1 Å². The van der Waals surface area contributed by atoms with Gasteiger partial charge in [-0.2, -0.15) is 0 Å². The normalized spacial score (nSPS) is 18.0. The molecule has 5 nitrogen and oxygen atoms in total. The van der Waals surface area contributed by atoms with Gasteiger partial charge in [0.25, 0.3) is 5.12 Å². The third kappa shape index (κ3) is 2.22. The third-order valence-corrected chi connectivity index (χ3v) is 4.48. The molecule has 7 heteroatoms. The molecule has 1 aliphatic heterocycles. The number of hydrogen-bond donors (Lipinski definition) is 1. The third-order valence-electron chi connectivity index (χ3n) is 2.44. The van der Waals surface area contributed by atoms with Gasteiger partial charge in [-0.1, -0.05) is 41.7 Å². The van der Waals surface area contributed by atoms with Crippen LogP contribution in [0.25, 0.3) is 0 Å². The van der Waals surface area contributed by atoms with Gasteiger partial charge in [-0.3, -0.25) is 0 Å². The summed E-state index contributed by atoms with van der Waals surface area (Å²) in [6.07, 6.45) is 0. The molecule has 2 N–H and O–H groups in total. The standard InChI is InChI=1S/C11H11N3O2S2/c12-9-13-14-10(17-9)18-11(15-6-7-16-11)8-4-2-1-3-5-8/h1-5H,6-7H2,(H2,12,13). The van der Waals surface area contributed by atoms with Crippen molar-refractivity contribution in [1.82, 2.24) is 10.2 Å². The first-order valence-electron chi connectivity index (χ1n) is 5.40. The molecular formula is C11H11N3O2S2. The minimum atomic E-state index is -0.826. The number of anilines is 1. The number of benzene rings is 1. The van der Waals surface area contributed by atoms with Crippen molar-refractivity contribution in [3.63, 3.8) is 0 Å². The van der Waals surface area contributed by atoms with Crippen LogP contribution in [0.1, 0.15) is 5.56 Å². The first kappa shape index (κ1) is 11.9. The SMILES string of the molecule is Nc1nnc(SC2(c3ccccc3)OCCO2)s1. The Bertz CT molecular complexity index is 526. The van der Waals surface area contributed by atoms with Gasteiger partial charge < -0.3 is 15.2 Å². The lowest BCUT2D eigenvalue weighted by Gasteiger charge is -2.25. The molecule has 1 aromatic heterocycles. The summed E-state index contributed by atoms with van der Waals surface area (Å²) in [7, 11) is 0. The number of thioether (sulfide) groups is 1. The summed E-state index contributed by atoms with van der Waals surface area (Å²) in [5.74, 6) is 0. The number of hydrogen-bond acceptors (Lipinski definition) is 7. The first-order valence-corrected chi connectivity index (χ1v) is 7.03. The van der Waals surface area contributed by atoms with Gasteiger partial charge in [0.05, 0.1) is 13.2 Å². The number of rotatable bonds is 3. The van der Waals surface area contributed by atoms with E-state index >= 15 is 0 Å². The number of nitrogen functional groups attached to an aromatic ring is 1. The van der Waals surface area contributed by atoms with Crippen molar-refractivity contribution in [3.8, 4) is 0 Å². The molecule has 1 aromatic carbocycles. The highest BCUT2D eigenvalue weighted by atomic mass is 32.2. The Hall–Kier alpha value is -1.15. The topological polar surface area (TPSA) is 70.3 Å². The van der Waals surface area contributed by atoms with Gasteiger partial charge in [0.15, 0.2) is 4.34 Å². The van der Waals surface area contributed by atoms with Crippen LogP contribution in [-0.2, 0) is 14.6 Å². The zero-order chi connectivity index (χ0) is 12.4. The maximum absolute atomic E-state index is 5.78. The van der Waals surface area contributed by atoms with E-state index in [1.807, 2.05) is 30.3 Å². The zero-order valence-corrected chi connectivity index (χ0v) is 11.0. The smallest absolute Gasteiger partial charge is 0.252 e. The van der Waals surface area contributed by atoms with E-state index in [1.54, 1.807) is 0 Å². The lowest BCUT2D eigenvalue weighted by molar-refractivity contribution is -0.0815. The largest absolute Gasteiger partial charge is 0.374 e. The van der Waals surface area contributed by atoms with E-state index in [-0.39, 0.29) is 0 Å². The van der Waals surface area contributed by atoms with E-state index in [4.69, 9.17) is 15.2 Å². The average molecular weight is 281 g/mol. The number of ether oxygens (including phenoxy) is 2. The van der Waals surface area contributed by atoms with Crippen molar-refractivity contribution < 1.29 is 9.47 Å². The fraction of sp³-hybridized carbons (Fsp3) is 0.273. The fourth-order valence-electron chi connectivity index (χ4n) is 1.70. The van der Waals surface area contributed by atoms with Crippen LogP contribution in [0.5, 0.6) is 0 Å². The molecule has 0 atom stereocenters. The summed E-state index contributed by atoms with van der Waals surface area (Å²) in [5, 5.41) is 7.41. The molecule has 0 spiro atoms. The van der Waals surface area contributed by atoms with Crippen molar-refractivity contribution in [1.29, 1.82) is 0 Å². The number of nitrogens with two attached hydrogens (primary N) is 1. The second kappa shape index (κ2) is 4.85. The van der Waals surface area contributed by atoms with Gasteiger partial charge in [0.2, 0.25) is 5.13 Å². The molecule has 1 aliphatic rings. The van der Waals surface area contributed by atoms with Crippen LogP contribution in [-0.4, -0.2) is 23.4 Å². The van der Waals surface area contributed by atoms with Gasteiger partial charge in [-0.05, 0) is 11.8 Å². The quantitative estimate of drug-likeness (QED) is 0.928. The molecule has 0 radical (unpaired) electrons. The first-order chi connectivity index (χ1) is 8.78. The molecule has 0 saturated carbocycles. The maximum atomic E-state index is 5.78. The second-order valence-electron chi connectivity index (χ2n) is 3.63. The predicted octanol–water partition coefficient (Wildman–Crippen LogP) is 2.07. The molecule has 0 bridgehead atoms. The van der Waals surface area contributed by atoms with E-state index in [0.29, 0.717) is 18.3 Å². The minimum absolute atomic E-state index is 0.443. The molecule has 1 fully saturated rings.